The van der Waals surface area contributed by atoms with Crippen molar-refractivity contribution in [2.75, 3.05) is 0 Å². The second-order valence-electron chi connectivity index (χ2n) is 5.38. The van der Waals surface area contributed by atoms with Crippen LogP contribution in [0.2, 0.25) is 0 Å². The maximum absolute atomic E-state index is 12.9. The summed E-state index contributed by atoms with van der Waals surface area (Å²) in [6.45, 7) is -0.241. The molecule has 23 heavy (non-hydrogen) atoms. The fourth-order valence-electron chi connectivity index (χ4n) is 2.48. The number of carbonyl (C=O) groups is 1. The van der Waals surface area contributed by atoms with Crippen LogP contribution in [-0.2, 0) is 26.6 Å². The van der Waals surface area contributed by atoms with Gasteiger partial charge in [-0.25, -0.2) is 0 Å². The molecule has 0 unspecified atom stereocenters. The predicted molar refractivity (Wildman–Crippen MR) is 70.1 cm³/mol. The number of nitrogens with one attached hydrogen (secondary N) is 1. The van der Waals surface area contributed by atoms with Gasteiger partial charge in [0, 0.05) is 20.0 Å². The Morgan fingerprint density at radius 3 is 2.83 bits per heavy atom. The van der Waals surface area contributed by atoms with Crippen LogP contribution in [0.4, 0.5) is 13.2 Å². The van der Waals surface area contributed by atoms with E-state index in [1.54, 1.807) is 7.05 Å². The quantitative estimate of drug-likeness (QED) is 0.883. The molecule has 1 aliphatic heterocycles. The van der Waals surface area contributed by atoms with Gasteiger partial charge in [0.25, 0.3) is 5.91 Å². The lowest BCUT2D eigenvalue weighted by molar-refractivity contribution is -0.182. The lowest BCUT2D eigenvalue weighted by Gasteiger charge is -2.26. The third kappa shape index (κ3) is 3.17. The number of rotatable bonds is 3. The monoisotopic (exact) mass is 329 g/mol. The maximum Gasteiger partial charge on any atom is 0.393 e. The lowest BCUT2D eigenvalue weighted by atomic mass is 9.99. The highest BCUT2D eigenvalue weighted by Gasteiger charge is 2.42. The fraction of sp³-hybridized carbons (Fsp3) is 0.583. The van der Waals surface area contributed by atoms with Gasteiger partial charge in [-0.2, -0.15) is 13.2 Å². The number of halogens is 3. The van der Waals surface area contributed by atoms with E-state index in [1.165, 1.54) is 15.4 Å². The van der Waals surface area contributed by atoms with Crippen LogP contribution in [0.15, 0.2) is 6.20 Å². The van der Waals surface area contributed by atoms with Crippen molar-refractivity contribution in [1.29, 1.82) is 0 Å². The molecule has 0 aliphatic carbocycles. The predicted octanol–water partition coefficient (Wildman–Crippen LogP) is 0.461. The van der Waals surface area contributed by atoms with E-state index in [0.717, 1.165) is 0 Å². The van der Waals surface area contributed by atoms with Crippen LogP contribution in [0.3, 0.4) is 0 Å². The standard InChI is InChI=1S/C12H14F3N7O/c1-21-6-8(17-20-21)11(23)16-4-10-19-18-9-3-2-7(5-22(9)10)12(13,14)15/h6-7H,2-5H2,1H3,(H,16,23)/t7-/m1/s1. The first-order valence-corrected chi connectivity index (χ1v) is 6.97. The summed E-state index contributed by atoms with van der Waals surface area (Å²) in [5, 5.41) is 17.6. The largest absolute Gasteiger partial charge is 0.393 e. The molecule has 0 spiro atoms. The molecule has 8 nitrogen and oxygen atoms in total. The number of hydrogen-bond acceptors (Lipinski definition) is 5. The van der Waals surface area contributed by atoms with Gasteiger partial charge >= 0.3 is 6.18 Å². The minimum Gasteiger partial charge on any atom is -0.343 e. The molecule has 1 aliphatic rings. The highest BCUT2D eigenvalue weighted by molar-refractivity contribution is 5.91. The average Bonchev–Trinajstić information content (AvgIpc) is 3.09. The highest BCUT2D eigenvalue weighted by Crippen LogP contribution is 2.34. The van der Waals surface area contributed by atoms with Crippen molar-refractivity contribution in [2.24, 2.45) is 13.0 Å². The summed E-state index contributed by atoms with van der Waals surface area (Å²) < 4.78 is 41.4. The van der Waals surface area contributed by atoms with Gasteiger partial charge in [0.1, 0.15) is 5.82 Å². The first-order valence-electron chi connectivity index (χ1n) is 6.97. The molecular formula is C12H14F3N7O. The smallest absolute Gasteiger partial charge is 0.343 e. The Bertz CT molecular complexity index is 721. The van der Waals surface area contributed by atoms with E-state index in [2.05, 4.69) is 25.8 Å². The molecule has 1 N–H and O–H groups in total. The Hall–Kier alpha value is -2.46. The van der Waals surface area contributed by atoms with Crippen molar-refractivity contribution < 1.29 is 18.0 Å². The van der Waals surface area contributed by atoms with Crippen molar-refractivity contribution in [3.63, 3.8) is 0 Å². The van der Waals surface area contributed by atoms with Gasteiger partial charge in [0.15, 0.2) is 11.5 Å². The summed E-state index contributed by atoms with van der Waals surface area (Å²) >= 11 is 0. The highest BCUT2D eigenvalue weighted by atomic mass is 19.4. The molecule has 0 saturated carbocycles. The molecule has 0 bridgehead atoms. The third-order valence-electron chi connectivity index (χ3n) is 3.73. The first kappa shape index (κ1) is 15.4. The minimum atomic E-state index is -4.25. The Labute approximate surface area is 128 Å². The SMILES string of the molecule is Cn1cc(C(=O)NCc2nnc3n2C[C@H](C(F)(F)F)CC3)nn1. The van der Waals surface area contributed by atoms with Crippen LogP contribution in [0, 0.1) is 5.92 Å². The van der Waals surface area contributed by atoms with Crippen LogP contribution in [-0.4, -0.2) is 41.8 Å². The number of alkyl halides is 3. The molecule has 0 fully saturated rings. The molecule has 1 atom stereocenters. The Morgan fingerprint density at radius 2 is 2.17 bits per heavy atom. The maximum atomic E-state index is 12.9. The van der Waals surface area contributed by atoms with Crippen molar-refractivity contribution in [3.05, 3.63) is 23.5 Å². The number of fused-ring (bicyclic) bond motifs is 1. The molecule has 3 heterocycles. The molecular weight excluding hydrogens is 315 g/mol. The number of nitrogens with zero attached hydrogens (tertiary/aromatic N) is 6. The van der Waals surface area contributed by atoms with E-state index >= 15 is 0 Å². The molecule has 11 heteroatoms. The summed E-state index contributed by atoms with van der Waals surface area (Å²) in [6, 6.07) is 0. The molecule has 0 aromatic carbocycles. The van der Waals surface area contributed by atoms with Gasteiger partial charge in [0.2, 0.25) is 0 Å². The van der Waals surface area contributed by atoms with Gasteiger partial charge in [-0.1, -0.05) is 5.21 Å². The van der Waals surface area contributed by atoms with Crippen molar-refractivity contribution in [1.82, 2.24) is 35.1 Å². The molecule has 0 saturated heterocycles. The number of hydrogen-bond donors (Lipinski definition) is 1. The van der Waals surface area contributed by atoms with E-state index in [4.69, 9.17) is 0 Å². The molecule has 124 valence electrons. The minimum absolute atomic E-state index is 0.00754. The number of aryl methyl sites for hydroxylation is 2. The summed E-state index contributed by atoms with van der Waals surface area (Å²) in [5.74, 6) is -1.08. The van der Waals surface area contributed by atoms with E-state index in [1.807, 2.05) is 0 Å². The summed E-state index contributed by atoms with van der Waals surface area (Å²) in [6.07, 6.45) is -2.58. The first-order chi connectivity index (χ1) is 10.8. The van der Waals surface area contributed by atoms with Crippen molar-refractivity contribution in [3.8, 4) is 0 Å². The third-order valence-corrected chi connectivity index (χ3v) is 3.73. The van der Waals surface area contributed by atoms with Crippen LogP contribution < -0.4 is 5.32 Å². The van der Waals surface area contributed by atoms with Crippen LogP contribution >= 0.6 is 0 Å². The van der Waals surface area contributed by atoms with Gasteiger partial charge in [-0.3, -0.25) is 9.48 Å². The average molecular weight is 329 g/mol. The zero-order valence-electron chi connectivity index (χ0n) is 12.2. The van der Waals surface area contributed by atoms with Gasteiger partial charge in [-0.15, -0.1) is 15.3 Å². The Kier molecular flexibility index (Phi) is 3.78. The van der Waals surface area contributed by atoms with E-state index in [-0.39, 0.29) is 31.6 Å². The lowest BCUT2D eigenvalue weighted by Crippen LogP contribution is -2.34. The van der Waals surface area contributed by atoms with Gasteiger partial charge in [-0.05, 0) is 6.42 Å². The zero-order chi connectivity index (χ0) is 16.6. The second kappa shape index (κ2) is 5.63. The zero-order valence-corrected chi connectivity index (χ0v) is 12.2. The summed E-state index contributed by atoms with van der Waals surface area (Å²) in [4.78, 5) is 11.9. The van der Waals surface area contributed by atoms with Crippen LogP contribution in [0.25, 0.3) is 0 Å². The van der Waals surface area contributed by atoms with E-state index < -0.39 is 18.0 Å². The molecule has 1 amide bonds. The van der Waals surface area contributed by atoms with E-state index in [9.17, 15) is 18.0 Å². The molecule has 3 rings (SSSR count). The van der Waals surface area contributed by atoms with Crippen LogP contribution in [0.5, 0.6) is 0 Å². The summed E-state index contributed by atoms with van der Waals surface area (Å²) in [5.41, 5.74) is 0.124. The number of carbonyl (C=O) groups excluding carboxylic acids is 1. The molecule has 0 radical (unpaired) electrons. The Balaban J connectivity index is 1.68. The van der Waals surface area contributed by atoms with E-state index in [0.29, 0.717) is 11.6 Å². The molecule has 2 aromatic rings. The molecule has 2 aromatic heterocycles. The number of amides is 1. The topological polar surface area (TPSA) is 90.5 Å². The number of aromatic nitrogens is 6. The Morgan fingerprint density at radius 1 is 1.39 bits per heavy atom. The summed E-state index contributed by atoms with van der Waals surface area (Å²) in [7, 11) is 1.62. The van der Waals surface area contributed by atoms with Crippen molar-refractivity contribution >= 4 is 5.91 Å². The van der Waals surface area contributed by atoms with Gasteiger partial charge < -0.3 is 9.88 Å². The fourth-order valence-corrected chi connectivity index (χ4v) is 2.48. The van der Waals surface area contributed by atoms with Crippen molar-refractivity contribution in [2.45, 2.75) is 32.1 Å². The van der Waals surface area contributed by atoms with Crippen LogP contribution in [0.1, 0.15) is 28.6 Å². The van der Waals surface area contributed by atoms with Gasteiger partial charge in [0.05, 0.1) is 18.7 Å². The normalized spacial score (nSPS) is 17.8. The second-order valence-corrected chi connectivity index (χ2v) is 5.38.